The maximum Gasteiger partial charge on any atom is 0.163 e. The highest BCUT2D eigenvalue weighted by Gasteiger charge is 2.05. The zero-order chi connectivity index (χ0) is 7.98. The Kier molecular flexibility index (Phi) is 6.05. The van der Waals surface area contributed by atoms with Gasteiger partial charge in [-0.05, 0) is 0 Å². The van der Waals surface area contributed by atoms with Crippen LogP contribution in [0.25, 0.3) is 0 Å². The van der Waals surface area contributed by atoms with Crippen molar-refractivity contribution in [2.45, 2.75) is 12.4 Å². The second-order valence-electron chi connectivity index (χ2n) is 1.81. The quantitative estimate of drug-likeness (QED) is 0.301. The Labute approximate surface area is 64.9 Å². The van der Waals surface area contributed by atoms with Crippen LogP contribution in [0, 0.1) is 0 Å². The Balaban J connectivity index is 3.17. The molecule has 0 aliphatic carbocycles. The van der Waals surface area contributed by atoms with Gasteiger partial charge >= 0.3 is 0 Å². The largest absolute Gasteiger partial charge is 0.394 e. The van der Waals surface area contributed by atoms with E-state index in [2.05, 4.69) is 17.4 Å². The number of ether oxygens (including phenoxy) is 1. The molecule has 0 aliphatic rings. The van der Waals surface area contributed by atoms with Crippen LogP contribution in [0.2, 0.25) is 0 Å². The number of aliphatic hydroxyl groups excluding tert-OH is 3. The Morgan fingerprint density at radius 1 is 1.40 bits per heavy atom. The predicted octanol–water partition coefficient (Wildman–Crippen LogP) is -1.40. The molecule has 2 atom stereocenters. The molecule has 0 saturated carbocycles. The van der Waals surface area contributed by atoms with Crippen molar-refractivity contribution in [1.29, 1.82) is 0 Å². The predicted molar refractivity (Wildman–Crippen MR) is 38.9 cm³/mol. The lowest BCUT2D eigenvalue weighted by atomic mass is 10.4. The van der Waals surface area contributed by atoms with E-state index in [9.17, 15) is 0 Å². The van der Waals surface area contributed by atoms with Crippen molar-refractivity contribution in [2.24, 2.45) is 0 Å². The molecule has 0 aliphatic heterocycles. The average Bonchev–Trinajstić information content (AvgIpc) is 1.99. The third-order valence-corrected chi connectivity index (χ3v) is 1.16. The van der Waals surface area contributed by atoms with Crippen molar-refractivity contribution >= 4 is 12.6 Å². The van der Waals surface area contributed by atoms with Gasteiger partial charge in [-0.3, -0.25) is 0 Å². The molecule has 0 heterocycles. The fourth-order valence-electron chi connectivity index (χ4n) is 0.328. The van der Waals surface area contributed by atoms with Crippen LogP contribution in [0.4, 0.5) is 0 Å². The molecule has 5 heteroatoms. The van der Waals surface area contributed by atoms with Crippen molar-refractivity contribution < 1.29 is 20.1 Å². The number of hydrogen-bond acceptors (Lipinski definition) is 5. The smallest absolute Gasteiger partial charge is 0.163 e. The SMILES string of the molecule is OCC(O)COC(O)CS. The van der Waals surface area contributed by atoms with Crippen LogP contribution in [0.3, 0.4) is 0 Å². The second-order valence-corrected chi connectivity index (χ2v) is 2.17. The van der Waals surface area contributed by atoms with E-state index in [-0.39, 0.29) is 19.0 Å². The topological polar surface area (TPSA) is 69.9 Å². The van der Waals surface area contributed by atoms with Gasteiger partial charge in [0.1, 0.15) is 6.10 Å². The Hall–Kier alpha value is 0.190. The lowest BCUT2D eigenvalue weighted by Crippen LogP contribution is -2.24. The summed E-state index contributed by atoms with van der Waals surface area (Å²) in [4.78, 5) is 0. The highest BCUT2D eigenvalue weighted by Crippen LogP contribution is 1.91. The van der Waals surface area contributed by atoms with Gasteiger partial charge in [0.05, 0.1) is 13.2 Å². The summed E-state index contributed by atoms with van der Waals surface area (Å²) < 4.78 is 4.61. The molecule has 0 amide bonds. The minimum atomic E-state index is -0.968. The van der Waals surface area contributed by atoms with Crippen LogP contribution in [0.15, 0.2) is 0 Å². The minimum Gasteiger partial charge on any atom is -0.394 e. The third kappa shape index (κ3) is 5.01. The minimum absolute atomic E-state index is 0.0712. The van der Waals surface area contributed by atoms with Crippen LogP contribution < -0.4 is 0 Å². The molecule has 0 aromatic carbocycles. The van der Waals surface area contributed by atoms with E-state index in [1.165, 1.54) is 0 Å². The van der Waals surface area contributed by atoms with Crippen LogP contribution in [-0.2, 0) is 4.74 Å². The van der Waals surface area contributed by atoms with E-state index in [4.69, 9.17) is 15.3 Å². The molecule has 0 radical (unpaired) electrons. The van der Waals surface area contributed by atoms with Gasteiger partial charge in [-0.2, -0.15) is 12.6 Å². The highest BCUT2D eigenvalue weighted by molar-refractivity contribution is 7.80. The van der Waals surface area contributed by atoms with E-state index in [1.54, 1.807) is 0 Å². The van der Waals surface area contributed by atoms with E-state index >= 15 is 0 Å². The molecule has 2 unspecified atom stereocenters. The van der Waals surface area contributed by atoms with E-state index in [1.807, 2.05) is 0 Å². The van der Waals surface area contributed by atoms with Crippen LogP contribution in [0.5, 0.6) is 0 Å². The van der Waals surface area contributed by atoms with Gasteiger partial charge in [0.15, 0.2) is 6.29 Å². The monoisotopic (exact) mass is 168 g/mol. The van der Waals surface area contributed by atoms with Crippen LogP contribution in [-0.4, -0.2) is 46.7 Å². The van der Waals surface area contributed by atoms with Gasteiger partial charge in [-0.1, -0.05) is 0 Å². The Morgan fingerprint density at radius 2 is 2.00 bits per heavy atom. The first-order valence-electron chi connectivity index (χ1n) is 2.90. The molecule has 0 rings (SSSR count). The number of hydrogen-bond donors (Lipinski definition) is 4. The van der Waals surface area contributed by atoms with Crippen LogP contribution in [0.1, 0.15) is 0 Å². The molecule has 0 spiro atoms. The summed E-state index contributed by atoms with van der Waals surface area (Å²) in [6, 6.07) is 0. The Bertz CT molecular complexity index is 70.0. The van der Waals surface area contributed by atoms with Gasteiger partial charge in [0.25, 0.3) is 0 Å². The molecule has 0 fully saturated rings. The molecule has 0 aromatic rings. The standard InChI is InChI=1S/C5H12O4S/c6-1-4(7)2-9-5(8)3-10/h4-8,10H,1-3H2. The van der Waals surface area contributed by atoms with Gasteiger partial charge < -0.3 is 20.1 Å². The number of aliphatic hydroxyl groups is 3. The van der Waals surface area contributed by atoms with Gasteiger partial charge in [-0.25, -0.2) is 0 Å². The first kappa shape index (κ1) is 10.2. The molecular formula is C5H12O4S. The van der Waals surface area contributed by atoms with Crippen molar-refractivity contribution in [3.8, 4) is 0 Å². The lowest BCUT2D eigenvalue weighted by molar-refractivity contribution is -0.112. The highest BCUT2D eigenvalue weighted by atomic mass is 32.1. The molecule has 3 N–H and O–H groups in total. The molecule has 62 valence electrons. The third-order valence-electron chi connectivity index (χ3n) is 0.848. The van der Waals surface area contributed by atoms with Crippen molar-refractivity contribution in [3.63, 3.8) is 0 Å². The number of rotatable bonds is 5. The molecule has 0 aromatic heterocycles. The molecule has 10 heavy (non-hydrogen) atoms. The lowest BCUT2D eigenvalue weighted by Gasteiger charge is -2.11. The summed E-state index contributed by atoms with van der Waals surface area (Å²) in [6.45, 7) is -0.433. The summed E-state index contributed by atoms with van der Waals surface area (Å²) >= 11 is 3.73. The van der Waals surface area contributed by atoms with E-state index in [0.717, 1.165) is 0 Å². The summed E-state index contributed by atoms with van der Waals surface area (Å²) in [5, 5.41) is 25.7. The fraction of sp³-hybridized carbons (Fsp3) is 1.00. The van der Waals surface area contributed by atoms with Gasteiger partial charge in [0.2, 0.25) is 0 Å². The van der Waals surface area contributed by atoms with Crippen molar-refractivity contribution in [2.75, 3.05) is 19.0 Å². The molecule has 0 saturated heterocycles. The second kappa shape index (κ2) is 5.94. The average molecular weight is 168 g/mol. The first-order chi connectivity index (χ1) is 4.70. The molecule has 4 nitrogen and oxygen atoms in total. The van der Waals surface area contributed by atoms with Gasteiger partial charge in [0, 0.05) is 5.75 Å². The van der Waals surface area contributed by atoms with Crippen LogP contribution >= 0.6 is 12.6 Å². The first-order valence-corrected chi connectivity index (χ1v) is 3.53. The maximum atomic E-state index is 8.71. The van der Waals surface area contributed by atoms with E-state index in [0.29, 0.717) is 0 Å². The zero-order valence-corrected chi connectivity index (χ0v) is 6.37. The maximum absolute atomic E-state index is 8.71. The number of thiol groups is 1. The van der Waals surface area contributed by atoms with Crippen molar-refractivity contribution in [3.05, 3.63) is 0 Å². The van der Waals surface area contributed by atoms with Crippen molar-refractivity contribution in [1.82, 2.24) is 0 Å². The summed E-state index contributed by atoms with van der Waals surface area (Å²) in [6.07, 6.45) is -1.89. The zero-order valence-electron chi connectivity index (χ0n) is 5.47. The fourth-order valence-corrected chi connectivity index (χ4v) is 0.433. The normalized spacial score (nSPS) is 16.8. The van der Waals surface area contributed by atoms with E-state index < -0.39 is 12.4 Å². The summed E-state index contributed by atoms with van der Waals surface area (Å²) in [5.41, 5.74) is 0. The summed E-state index contributed by atoms with van der Waals surface area (Å²) in [5.74, 6) is 0.179. The molecular weight excluding hydrogens is 156 g/mol. The summed E-state index contributed by atoms with van der Waals surface area (Å²) in [7, 11) is 0. The van der Waals surface area contributed by atoms with Gasteiger partial charge in [-0.15, -0.1) is 0 Å². The Morgan fingerprint density at radius 3 is 2.40 bits per heavy atom. The molecule has 0 bridgehead atoms.